The maximum absolute atomic E-state index is 10.7. The van der Waals surface area contributed by atoms with Crippen molar-refractivity contribution in [2.75, 3.05) is 0 Å². The van der Waals surface area contributed by atoms with Crippen LogP contribution in [0.4, 0.5) is 0 Å². The van der Waals surface area contributed by atoms with Gasteiger partial charge in [0.25, 0.3) is 0 Å². The predicted octanol–water partition coefficient (Wildman–Crippen LogP) is 5.08. The minimum absolute atomic E-state index is 0.151. The van der Waals surface area contributed by atoms with E-state index in [0.29, 0.717) is 5.56 Å². The standard InChI is InChI=1S/C19H17NO2S/c1-13(2)22-17-5-3-4-16(10-17)18-11-20-19(23-18)15-8-6-14(12-21)7-9-15/h3-13H,1-2H3. The van der Waals surface area contributed by atoms with E-state index >= 15 is 0 Å². The minimum Gasteiger partial charge on any atom is -0.491 e. The summed E-state index contributed by atoms with van der Waals surface area (Å²) in [6.07, 6.45) is 2.87. The summed E-state index contributed by atoms with van der Waals surface area (Å²) in [6.45, 7) is 4.03. The highest BCUT2D eigenvalue weighted by Gasteiger charge is 2.08. The first-order valence-corrected chi connectivity index (χ1v) is 8.26. The van der Waals surface area contributed by atoms with Gasteiger partial charge in [-0.25, -0.2) is 4.98 Å². The molecule has 0 N–H and O–H groups in total. The fraction of sp³-hybridized carbons (Fsp3) is 0.158. The van der Waals surface area contributed by atoms with Crippen molar-refractivity contribution >= 4 is 17.6 Å². The number of benzene rings is 2. The van der Waals surface area contributed by atoms with E-state index in [1.54, 1.807) is 23.5 Å². The van der Waals surface area contributed by atoms with Gasteiger partial charge in [0.05, 0.1) is 11.0 Å². The molecule has 3 aromatic rings. The largest absolute Gasteiger partial charge is 0.491 e. The summed E-state index contributed by atoms with van der Waals surface area (Å²) in [5.74, 6) is 0.864. The van der Waals surface area contributed by atoms with Crippen molar-refractivity contribution < 1.29 is 9.53 Å². The molecule has 0 saturated heterocycles. The third-order valence-electron chi connectivity index (χ3n) is 3.29. The third kappa shape index (κ3) is 3.66. The summed E-state index contributed by atoms with van der Waals surface area (Å²) in [5.41, 5.74) is 2.78. The lowest BCUT2D eigenvalue weighted by molar-refractivity contribution is 0.112. The Morgan fingerprint density at radius 2 is 1.87 bits per heavy atom. The zero-order chi connectivity index (χ0) is 16.2. The van der Waals surface area contributed by atoms with Gasteiger partial charge in [-0.15, -0.1) is 11.3 Å². The number of thiazole rings is 1. The van der Waals surface area contributed by atoms with Gasteiger partial charge in [0.2, 0.25) is 0 Å². The normalized spacial score (nSPS) is 10.7. The first-order valence-electron chi connectivity index (χ1n) is 7.44. The molecule has 0 aliphatic rings. The maximum Gasteiger partial charge on any atom is 0.150 e. The molecule has 0 amide bonds. The van der Waals surface area contributed by atoms with E-state index < -0.39 is 0 Å². The molecule has 0 aliphatic heterocycles. The van der Waals surface area contributed by atoms with E-state index in [-0.39, 0.29) is 6.10 Å². The van der Waals surface area contributed by atoms with E-state index in [2.05, 4.69) is 11.1 Å². The van der Waals surface area contributed by atoms with Crippen LogP contribution in [0.15, 0.2) is 54.7 Å². The van der Waals surface area contributed by atoms with Crippen molar-refractivity contribution in [2.24, 2.45) is 0 Å². The van der Waals surface area contributed by atoms with Crippen LogP contribution in [0, 0.1) is 0 Å². The monoisotopic (exact) mass is 323 g/mol. The number of hydrogen-bond acceptors (Lipinski definition) is 4. The van der Waals surface area contributed by atoms with Gasteiger partial charge in [-0.1, -0.05) is 36.4 Å². The van der Waals surface area contributed by atoms with Crippen LogP contribution >= 0.6 is 11.3 Å². The highest BCUT2D eigenvalue weighted by Crippen LogP contribution is 2.33. The van der Waals surface area contributed by atoms with E-state index in [0.717, 1.165) is 33.0 Å². The molecule has 1 heterocycles. The number of carbonyl (C=O) groups excluding carboxylic acids is 1. The Balaban J connectivity index is 1.87. The summed E-state index contributed by atoms with van der Waals surface area (Å²) >= 11 is 1.63. The molecular weight excluding hydrogens is 306 g/mol. The van der Waals surface area contributed by atoms with Crippen LogP contribution in [-0.2, 0) is 0 Å². The van der Waals surface area contributed by atoms with Gasteiger partial charge in [0.1, 0.15) is 17.0 Å². The Bertz CT molecular complexity index is 806. The second-order valence-corrected chi connectivity index (χ2v) is 6.49. The highest BCUT2D eigenvalue weighted by molar-refractivity contribution is 7.18. The van der Waals surface area contributed by atoms with Crippen LogP contribution in [0.2, 0.25) is 0 Å². The van der Waals surface area contributed by atoms with Gasteiger partial charge in [-0.2, -0.15) is 0 Å². The summed E-state index contributed by atoms with van der Waals surface area (Å²) in [7, 11) is 0. The lowest BCUT2D eigenvalue weighted by Crippen LogP contribution is -2.05. The summed E-state index contributed by atoms with van der Waals surface area (Å²) in [4.78, 5) is 16.3. The quantitative estimate of drug-likeness (QED) is 0.615. The summed E-state index contributed by atoms with van der Waals surface area (Å²) in [6, 6.07) is 15.5. The van der Waals surface area contributed by atoms with Crippen molar-refractivity contribution in [3.63, 3.8) is 0 Å². The van der Waals surface area contributed by atoms with E-state index in [4.69, 9.17) is 4.74 Å². The van der Waals surface area contributed by atoms with Gasteiger partial charge in [-0.3, -0.25) is 4.79 Å². The second-order valence-electron chi connectivity index (χ2n) is 5.46. The average Bonchev–Trinajstić information content (AvgIpc) is 3.04. The fourth-order valence-electron chi connectivity index (χ4n) is 2.24. The molecule has 0 atom stereocenters. The van der Waals surface area contributed by atoms with Crippen LogP contribution in [0.3, 0.4) is 0 Å². The van der Waals surface area contributed by atoms with Gasteiger partial charge < -0.3 is 4.74 Å². The molecular formula is C19H17NO2S. The average molecular weight is 323 g/mol. The molecule has 0 bridgehead atoms. The lowest BCUT2D eigenvalue weighted by atomic mass is 10.1. The Hall–Kier alpha value is -2.46. The fourth-order valence-corrected chi connectivity index (χ4v) is 3.16. The lowest BCUT2D eigenvalue weighted by Gasteiger charge is -2.10. The SMILES string of the molecule is CC(C)Oc1cccc(-c2cnc(-c3ccc(C=O)cc3)s2)c1. The third-order valence-corrected chi connectivity index (χ3v) is 4.39. The molecule has 23 heavy (non-hydrogen) atoms. The van der Waals surface area contributed by atoms with E-state index in [1.807, 2.05) is 50.4 Å². The first kappa shape index (κ1) is 15.4. The van der Waals surface area contributed by atoms with E-state index in [9.17, 15) is 4.79 Å². The number of carbonyl (C=O) groups is 1. The van der Waals surface area contributed by atoms with Crippen molar-refractivity contribution in [1.29, 1.82) is 0 Å². The Morgan fingerprint density at radius 3 is 2.57 bits per heavy atom. The van der Waals surface area contributed by atoms with Crippen LogP contribution in [0.25, 0.3) is 21.0 Å². The Kier molecular flexibility index (Phi) is 4.53. The second kappa shape index (κ2) is 6.75. The zero-order valence-electron chi connectivity index (χ0n) is 13.0. The number of aromatic nitrogens is 1. The Labute approximate surface area is 139 Å². The first-order chi connectivity index (χ1) is 11.2. The molecule has 0 radical (unpaired) electrons. The topological polar surface area (TPSA) is 39.2 Å². The molecule has 0 fully saturated rings. The number of rotatable bonds is 5. The van der Waals surface area contributed by atoms with Crippen LogP contribution in [-0.4, -0.2) is 17.4 Å². The number of aldehydes is 1. The van der Waals surface area contributed by atoms with Crippen LogP contribution < -0.4 is 4.74 Å². The zero-order valence-corrected chi connectivity index (χ0v) is 13.8. The molecule has 3 nitrogen and oxygen atoms in total. The summed E-state index contributed by atoms with van der Waals surface area (Å²) in [5, 5.41) is 0.938. The Morgan fingerprint density at radius 1 is 1.09 bits per heavy atom. The van der Waals surface area contributed by atoms with Gasteiger partial charge in [-0.05, 0) is 31.5 Å². The van der Waals surface area contributed by atoms with Crippen molar-refractivity contribution in [2.45, 2.75) is 20.0 Å². The number of ether oxygens (including phenoxy) is 1. The summed E-state index contributed by atoms with van der Waals surface area (Å²) < 4.78 is 5.74. The number of hydrogen-bond donors (Lipinski definition) is 0. The molecule has 1 aromatic heterocycles. The molecule has 116 valence electrons. The van der Waals surface area contributed by atoms with Crippen molar-refractivity contribution in [3.8, 4) is 26.8 Å². The predicted molar refractivity (Wildman–Crippen MR) is 94.1 cm³/mol. The molecule has 0 unspecified atom stereocenters. The molecule has 0 spiro atoms. The van der Waals surface area contributed by atoms with E-state index in [1.165, 1.54) is 0 Å². The van der Waals surface area contributed by atoms with Gasteiger partial charge >= 0.3 is 0 Å². The molecule has 3 rings (SSSR count). The molecule has 2 aromatic carbocycles. The smallest absolute Gasteiger partial charge is 0.150 e. The number of nitrogens with zero attached hydrogens (tertiary/aromatic N) is 1. The minimum atomic E-state index is 0.151. The molecule has 0 saturated carbocycles. The van der Waals surface area contributed by atoms with Crippen molar-refractivity contribution in [3.05, 3.63) is 60.3 Å². The molecule has 0 aliphatic carbocycles. The van der Waals surface area contributed by atoms with Crippen LogP contribution in [0.5, 0.6) is 5.75 Å². The van der Waals surface area contributed by atoms with Crippen LogP contribution in [0.1, 0.15) is 24.2 Å². The van der Waals surface area contributed by atoms with Gasteiger partial charge in [0, 0.05) is 17.3 Å². The van der Waals surface area contributed by atoms with Gasteiger partial charge in [0.15, 0.2) is 0 Å². The molecule has 4 heteroatoms. The maximum atomic E-state index is 10.7. The highest BCUT2D eigenvalue weighted by atomic mass is 32.1. The van der Waals surface area contributed by atoms with Crippen molar-refractivity contribution in [1.82, 2.24) is 4.98 Å².